The molecule has 0 aliphatic rings. The van der Waals surface area contributed by atoms with Gasteiger partial charge in [-0.15, -0.1) is 0 Å². The number of nitrogens with zero attached hydrogens (tertiary/aromatic N) is 1. The molecule has 0 aliphatic carbocycles. The van der Waals surface area contributed by atoms with Gasteiger partial charge in [-0.1, -0.05) is 53.7 Å². The number of nitro groups is 1. The van der Waals surface area contributed by atoms with Crippen LogP contribution in [0.3, 0.4) is 0 Å². The molecule has 2 aromatic carbocycles. The molecule has 0 atom stereocenters. The molecule has 2 N–H and O–H groups in total. The summed E-state index contributed by atoms with van der Waals surface area (Å²) in [6.07, 6.45) is 0. The molecule has 0 unspecified atom stereocenters. The summed E-state index contributed by atoms with van der Waals surface area (Å²) in [5.74, 6) is 0.285. The van der Waals surface area contributed by atoms with Gasteiger partial charge in [-0.05, 0) is 29.0 Å². The van der Waals surface area contributed by atoms with Crippen LogP contribution in [0.25, 0.3) is 0 Å². The lowest BCUT2D eigenvalue weighted by molar-refractivity contribution is -0.383. The second-order valence-corrected chi connectivity index (χ2v) is 8.32. The van der Waals surface area contributed by atoms with Crippen LogP contribution in [0.15, 0.2) is 36.4 Å². The number of anilines is 2. The van der Waals surface area contributed by atoms with Crippen molar-refractivity contribution in [2.45, 2.75) is 52.4 Å². The molecule has 0 aromatic heterocycles. The fourth-order valence-electron chi connectivity index (χ4n) is 2.74. The first-order valence-electron chi connectivity index (χ1n) is 8.29. The first-order valence-corrected chi connectivity index (χ1v) is 8.29. The zero-order chi connectivity index (χ0) is 19.0. The summed E-state index contributed by atoms with van der Waals surface area (Å²) in [7, 11) is 0. The van der Waals surface area contributed by atoms with Crippen LogP contribution in [-0.2, 0) is 10.8 Å². The van der Waals surface area contributed by atoms with E-state index < -0.39 is 4.92 Å². The van der Waals surface area contributed by atoms with E-state index in [2.05, 4.69) is 5.32 Å². The SMILES string of the molecule is CC(C)(C)c1cc(Nc2ccccc2[N+](=O)[O-])cc(C(C)(C)C)c1O. The molecule has 0 fully saturated rings. The van der Waals surface area contributed by atoms with Gasteiger partial charge in [-0.2, -0.15) is 0 Å². The normalized spacial score (nSPS) is 12.1. The van der Waals surface area contributed by atoms with Crippen LogP contribution in [0.1, 0.15) is 52.7 Å². The minimum absolute atomic E-state index is 0.0187. The van der Waals surface area contributed by atoms with Crippen molar-refractivity contribution in [3.8, 4) is 5.75 Å². The molecule has 0 heterocycles. The van der Waals surface area contributed by atoms with Crippen molar-refractivity contribution in [3.05, 3.63) is 57.6 Å². The van der Waals surface area contributed by atoms with Crippen molar-refractivity contribution in [2.24, 2.45) is 0 Å². The predicted octanol–water partition coefficient (Wildman–Crippen LogP) is 5.64. The van der Waals surface area contributed by atoms with Crippen molar-refractivity contribution >= 4 is 17.1 Å². The molecule has 0 saturated heterocycles. The van der Waals surface area contributed by atoms with E-state index in [1.165, 1.54) is 6.07 Å². The second-order valence-electron chi connectivity index (χ2n) is 8.32. The summed E-state index contributed by atoms with van der Waals surface area (Å²) >= 11 is 0. The summed E-state index contributed by atoms with van der Waals surface area (Å²) < 4.78 is 0. The monoisotopic (exact) mass is 342 g/mol. The van der Waals surface area contributed by atoms with Gasteiger partial charge in [0.05, 0.1) is 4.92 Å². The lowest BCUT2D eigenvalue weighted by Crippen LogP contribution is -2.17. The Balaban J connectivity index is 2.62. The summed E-state index contributed by atoms with van der Waals surface area (Å²) in [5.41, 5.74) is 2.27. The molecule has 0 radical (unpaired) electrons. The quantitative estimate of drug-likeness (QED) is 0.430. The highest BCUT2D eigenvalue weighted by atomic mass is 16.6. The number of phenols is 1. The summed E-state index contributed by atoms with van der Waals surface area (Å²) in [6, 6.07) is 10.3. The average Bonchev–Trinajstić information content (AvgIpc) is 2.47. The first kappa shape index (κ1) is 18.8. The van der Waals surface area contributed by atoms with Crippen LogP contribution in [0.5, 0.6) is 5.75 Å². The Labute approximate surface area is 148 Å². The van der Waals surface area contributed by atoms with E-state index in [4.69, 9.17) is 0 Å². The van der Waals surface area contributed by atoms with Crippen LogP contribution >= 0.6 is 0 Å². The summed E-state index contributed by atoms with van der Waals surface area (Å²) in [5, 5.41) is 25.2. The zero-order valence-electron chi connectivity index (χ0n) is 15.7. The highest BCUT2D eigenvalue weighted by Crippen LogP contribution is 2.42. The van der Waals surface area contributed by atoms with Crippen LogP contribution in [0.4, 0.5) is 17.1 Å². The van der Waals surface area contributed by atoms with E-state index in [-0.39, 0.29) is 22.3 Å². The molecule has 0 bridgehead atoms. The summed E-state index contributed by atoms with van der Waals surface area (Å²) in [6.45, 7) is 12.2. The number of aromatic hydroxyl groups is 1. The molecule has 2 aromatic rings. The molecule has 0 amide bonds. The number of phenolic OH excluding ortho intramolecular Hbond substituents is 1. The number of nitro benzene ring substituents is 1. The standard InChI is InChI=1S/C20H26N2O3/c1-19(2,3)14-11-13(12-15(18(14)23)20(4,5)6)21-16-9-7-8-10-17(16)22(24)25/h7-12,21,23H,1-6H3. The molecule has 2 rings (SSSR count). The van der Waals surface area contributed by atoms with Crippen molar-refractivity contribution in [2.75, 3.05) is 5.32 Å². The molecule has 5 nitrogen and oxygen atoms in total. The topological polar surface area (TPSA) is 75.4 Å². The number of rotatable bonds is 3. The van der Waals surface area contributed by atoms with Gasteiger partial charge in [0, 0.05) is 22.9 Å². The van der Waals surface area contributed by atoms with E-state index in [0.29, 0.717) is 5.69 Å². The van der Waals surface area contributed by atoms with Gasteiger partial charge < -0.3 is 10.4 Å². The Morgan fingerprint density at radius 1 is 0.960 bits per heavy atom. The van der Waals surface area contributed by atoms with Gasteiger partial charge in [-0.25, -0.2) is 0 Å². The molecular formula is C20H26N2O3. The van der Waals surface area contributed by atoms with Gasteiger partial charge in [0.1, 0.15) is 11.4 Å². The number of benzene rings is 2. The minimum atomic E-state index is -0.405. The maximum absolute atomic E-state index is 11.2. The third-order valence-corrected chi connectivity index (χ3v) is 4.11. The third kappa shape index (κ3) is 4.10. The molecule has 0 saturated carbocycles. The highest BCUT2D eigenvalue weighted by molar-refractivity contribution is 5.71. The lowest BCUT2D eigenvalue weighted by Gasteiger charge is -2.28. The number of nitrogens with one attached hydrogen (secondary N) is 1. The Kier molecular flexibility index (Phi) is 4.80. The van der Waals surface area contributed by atoms with Crippen molar-refractivity contribution in [3.63, 3.8) is 0 Å². The largest absolute Gasteiger partial charge is 0.507 e. The van der Waals surface area contributed by atoms with Gasteiger partial charge in [0.15, 0.2) is 0 Å². The fraction of sp³-hybridized carbons (Fsp3) is 0.400. The second kappa shape index (κ2) is 6.39. The van der Waals surface area contributed by atoms with Crippen LogP contribution in [0.2, 0.25) is 0 Å². The maximum Gasteiger partial charge on any atom is 0.292 e. The number of hydrogen-bond acceptors (Lipinski definition) is 4. The van der Waals surface area contributed by atoms with E-state index in [0.717, 1.165) is 16.8 Å². The Hall–Kier alpha value is -2.56. The molecule has 0 spiro atoms. The van der Waals surface area contributed by atoms with Gasteiger partial charge in [0.2, 0.25) is 0 Å². The van der Waals surface area contributed by atoms with Gasteiger partial charge in [-0.3, -0.25) is 10.1 Å². The first-order chi connectivity index (χ1) is 11.4. The maximum atomic E-state index is 11.2. The van der Waals surface area contributed by atoms with E-state index in [1.54, 1.807) is 18.2 Å². The van der Waals surface area contributed by atoms with E-state index in [9.17, 15) is 15.2 Å². The molecule has 25 heavy (non-hydrogen) atoms. The molecule has 5 heteroatoms. The highest BCUT2D eigenvalue weighted by Gasteiger charge is 2.27. The fourth-order valence-corrected chi connectivity index (χ4v) is 2.74. The van der Waals surface area contributed by atoms with E-state index in [1.807, 2.05) is 53.7 Å². The van der Waals surface area contributed by atoms with Crippen molar-refractivity contribution < 1.29 is 10.0 Å². The lowest BCUT2D eigenvalue weighted by atomic mass is 9.79. The Bertz CT molecular complexity index is 764. The Morgan fingerprint density at radius 2 is 1.44 bits per heavy atom. The zero-order valence-corrected chi connectivity index (χ0v) is 15.7. The molecule has 0 aliphatic heterocycles. The van der Waals surface area contributed by atoms with Gasteiger partial charge >= 0.3 is 0 Å². The third-order valence-electron chi connectivity index (χ3n) is 4.11. The van der Waals surface area contributed by atoms with Crippen LogP contribution < -0.4 is 5.32 Å². The van der Waals surface area contributed by atoms with E-state index >= 15 is 0 Å². The van der Waals surface area contributed by atoms with Crippen LogP contribution in [-0.4, -0.2) is 10.0 Å². The predicted molar refractivity (Wildman–Crippen MR) is 102 cm³/mol. The van der Waals surface area contributed by atoms with Gasteiger partial charge in [0.25, 0.3) is 5.69 Å². The average molecular weight is 342 g/mol. The number of para-hydroxylation sites is 2. The van der Waals surface area contributed by atoms with Crippen molar-refractivity contribution in [1.82, 2.24) is 0 Å². The smallest absolute Gasteiger partial charge is 0.292 e. The number of hydrogen-bond donors (Lipinski definition) is 2. The van der Waals surface area contributed by atoms with Crippen LogP contribution in [0, 0.1) is 10.1 Å². The summed E-state index contributed by atoms with van der Waals surface area (Å²) in [4.78, 5) is 10.8. The Morgan fingerprint density at radius 3 is 1.88 bits per heavy atom. The molecule has 134 valence electrons. The minimum Gasteiger partial charge on any atom is -0.507 e. The van der Waals surface area contributed by atoms with Crippen molar-refractivity contribution in [1.29, 1.82) is 0 Å². The molecular weight excluding hydrogens is 316 g/mol.